The fourth-order valence-electron chi connectivity index (χ4n) is 2.03. The van der Waals surface area contributed by atoms with E-state index in [1.165, 1.54) is 0 Å². The lowest BCUT2D eigenvalue weighted by atomic mass is 9.97. The number of ketones is 1. The van der Waals surface area contributed by atoms with Crippen molar-refractivity contribution in [1.29, 1.82) is 0 Å². The summed E-state index contributed by atoms with van der Waals surface area (Å²) >= 11 is 0. The molecule has 0 saturated carbocycles. The van der Waals surface area contributed by atoms with Crippen molar-refractivity contribution in [3.8, 4) is 0 Å². The van der Waals surface area contributed by atoms with Crippen LogP contribution in [0.25, 0.3) is 0 Å². The van der Waals surface area contributed by atoms with Gasteiger partial charge in [0.15, 0.2) is 5.78 Å². The minimum atomic E-state index is -3.27. The molecule has 0 amide bonds. The number of sulfonamides is 1. The summed E-state index contributed by atoms with van der Waals surface area (Å²) in [6.45, 7) is 1.60. The molecular weight excluding hydrogens is 252 g/mol. The van der Waals surface area contributed by atoms with Crippen molar-refractivity contribution in [2.75, 3.05) is 24.1 Å². The van der Waals surface area contributed by atoms with E-state index in [0.717, 1.165) is 25.8 Å². The SMILES string of the molecule is CS(=O)(=O)Nc1ccc(C(=O)C2CCNC2)cc1. The highest BCUT2D eigenvalue weighted by Crippen LogP contribution is 2.17. The van der Waals surface area contributed by atoms with Crippen LogP contribution in [0.4, 0.5) is 5.69 Å². The molecule has 0 spiro atoms. The van der Waals surface area contributed by atoms with Gasteiger partial charge in [-0.15, -0.1) is 0 Å². The molecule has 6 heteroatoms. The van der Waals surface area contributed by atoms with Crippen molar-refractivity contribution in [2.24, 2.45) is 5.92 Å². The molecular formula is C12H16N2O3S. The predicted octanol–water partition coefficient (Wildman–Crippen LogP) is 0.850. The van der Waals surface area contributed by atoms with Gasteiger partial charge in [0.05, 0.1) is 6.26 Å². The Labute approximate surface area is 107 Å². The highest BCUT2D eigenvalue weighted by Gasteiger charge is 2.23. The second kappa shape index (κ2) is 5.07. The average Bonchev–Trinajstić information content (AvgIpc) is 2.80. The molecule has 2 N–H and O–H groups in total. The van der Waals surface area contributed by atoms with Crippen LogP contribution in [0, 0.1) is 5.92 Å². The van der Waals surface area contributed by atoms with E-state index in [1.807, 2.05) is 0 Å². The number of benzene rings is 1. The number of hydrogen-bond donors (Lipinski definition) is 2. The van der Waals surface area contributed by atoms with Crippen molar-refractivity contribution >= 4 is 21.5 Å². The normalized spacial score (nSPS) is 19.7. The first-order chi connectivity index (χ1) is 8.46. The molecule has 1 heterocycles. The van der Waals surface area contributed by atoms with Gasteiger partial charge in [-0.25, -0.2) is 8.42 Å². The molecule has 5 nitrogen and oxygen atoms in total. The smallest absolute Gasteiger partial charge is 0.229 e. The fraction of sp³-hybridized carbons (Fsp3) is 0.417. The van der Waals surface area contributed by atoms with E-state index in [1.54, 1.807) is 24.3 Å². The number of carbonyl (C=O) groups excluding carboxylic acids is 1. The molecule has 1 aromatic carbocycles. The van der Waals surface area contributed by atoms with Gasteiger partial charge in [0, 0.05) is 23.7 Å². The Bertz CT molecular complexity index is 531. The highest BCUT2D eigenvalue weighted by atomic mass is 32.2. The molecule has 1 atom stereocenters. The molecule has 1 saturated heterocycles. The van der Waals surface area contributed by atoms with E-state index in [-0.39, 0.29) is 11.7 Å². The summed E-state index contributed by atoms with van der Waals surface area (Å²) in [6.07, 6.45) is 1.96. The minimum Gasteiger partial charge on any atom is -0.316 e. The lowest BCUT2D eigenvalue weighted by Crippen LogP contribution is -2.18. The Hall–Kier alpha value is -1.40. The van der Waals surface area contributed by atoms with Crippen molar-refractivity contribution in [3.63, 3.8) is 0 Å². The van der Waals surface area contributed by atoms with Gasteiger partial charge in [-0.3, -0.25) is 9.52 Å². The zero-order valence-corrected chi connectivity index (χ0v) is 11.0. The zero-order valence-electron chi connectivity index (χ0n) is 10.1. The maximum atomic E-state index is 12.1. The topological polar surface area (TPSA) is 75.3 Å². The number of anilines is 1. The number of rotatable bonds is 4. The summed E-state index contributed by atoms with van der Waals surface area (Å²) in [5, 5.41) is 3.15. The molecule has 1 aliphatic rings. The van der Waals surface area contributed by atoms with Crippen molar-refractivity contribution in [2.45, 2.75) is 6.42 Å². The van der Waals surface area contributed by atoms with Gasteiger partial charge in [-0.2, -0.15) is 0 Å². The summed E-state index contributed by atoms with van der Waals surface area (Å²) in [5.41, 5.74) is 1.10. The largest absolute Gasteiger partial charge is 0.316 e. The van der Waals surface area contributed by atoms with Crippen LogP contribution in [0.2, 0.25) is 0 Å². The zero-order chi connectivity index (χ0) is 13.2. The van der Waals surface area contributed by atoms with Crippen LogP contribution in [-0.2, 0) is 10.0 Å². The van der Waals surface area contributed by atoms with Gasteiger partial charge in [0.25, 0.3) is 0 Å². The quantitative estimate of drug-likeness (QED) is 0.794. The first-order valence-electron chi connectivity index (χ1n) is 5.78. The van der Waals surface area contributed by atoms with Crippen LogP contribution in [-0.4, -0.2) is 33.5 Å². The summed E-state index contributed by atoms with van der Waals surface area (Å²) in [4.78, 5) is 12.1. The Morgan fingerprint density at radius 1 is 1.33 bits per heavy atom. The minimum absolute atomic E-state index is 0.0405. The monoisotopic (exact) mass is 268 g/mol. The summed E-state index contributed by atoms with van der Waals surface area (Å²) in [5.74, 6) is 0.157. The van der Waals surface area contributed by atoms with E-state index >= 15 is 0 Å². The van der Waals surface area contributed by atoms with E-state index < -0.39 is 10.0 Å². The third kappa shape index (κ3) is 3.30. The van der Waals surface area contributed by atoms with Gasteiger partial charge >= 0.3 is 0 Å². The van der Waals surface area contributed by atoms with Gasteiger partial charge in [-0.05, 0) is 37.2 Å². The van der Waals surface area contributed by atoms with Crippen molar-refractivity contribution in [3.05, 3.63) is 29.8 Å². The predicted molar refractivity (Wildman–Crippen MR) is 70.2 cm³/mol. The molecule has 98 valence electrons. The van der Waals surface area contributed by atoms with Crippen LogP contribution >= 0.6 is 0 Å². The maximum Gasteiger partial charge on any atom is 0.229 e. The maximum absolute atomic E-state index is 12.1. The van der Waals surface area contributed by atoms with Gasteiger partial charge in [-0.1, -0.05) is 0 Å². The van der Waals surface area contributed by atoms with Crippen LogP contribution < -0.4 is 10.0 Å². The summed E-state index contributed by atoms with van der Waals surface area (Å²) < 4.78 is 24.4. The van der Waals surface area contributed by atoms with E-state index in [4.69, 9.17) is 0 Å². The Morgan fingerprint density at radius 3 is 2.50 bits per heavy atom. The standard InChI is InChI=1S/C12H16N2O3S/c1-18(16,17)14-11-4-2-9(3-5-11)12(15)10-6-7-13-8-10/h2-5,10,13-14H,6-8H2,1H3. The molecule has 1 aliphatic heterocycles. The average molecular weight is 268 g/mol. The fourth-order valence-corrected chi connectivity index (χ4v) is 2.59. The van der Waals surface area contributed by atoms with E-state index in [0.29, 0.717) is 11.3 Å². The number of carbonyl (C=O) groups is 1. The number of nitrogens with one attached hydrogen (secondary N) is 2. The van der Waals surface area contributed by atoms with Crippen LogP contribution in [0.3, 0.4) is 0 Å². The van der Waals surface area contributed by atoms with Gasteiger partial charge in [0.1, 0.15) is 0 Å². The second-order valence-electron chi connectivity index (χ2n) is 4.51. The first kappa shape index (κ1) is 13.0. The Balaban J connectivity index is 2.09. The van der Waals surface area contributed by atoms with Crippen molar-refractivity contribution < 1.29 is 13.2 Å². The third-order valence-electron chi connectivity index (χ3n) is 2.90. The molecule has 0 aromatic heterocycles. The van der Waals surface area contributed by atoms with E-state index in [9.17, 15) is 13.2 Å². The van der Waals surface area contributed by atoms with E-state index in [2.05, 4.69) is 10.0 Å². The lowest BCUT2D eigenvalue weighted by molar-refractivity contribution is 0.0930. The molecule has 0 aliphatic carbocycles. The lowest BCUT2D eigenvalue weighted by Gasteiger charge is -2.08. The molecule has 18 heavy (non-hydrogen) atoms. The molecule has 1 aromatic rings. The number of Topliss-reactive ketones (excluding diaryl/α,β-unsaturated/α-hetero) is 1. The summed E-state index contributed by atoms with van der Waals surface area (Å²) in [6, 6.07) is 6.54. The second-order valence-corrected chi connectivity index (χ2v) is 6.25. The van der Waals surface area contributed by atoms with Crippen molar-refractivity contribution in [1.82, 2.24) is 5.32 Å². The molecule has 0 radical (unpaired) electrons. The van der Waals surface area contributed by atoms with Gasteiger partial charge in [0.2, 0.25) is 10.0 Å². The Morgan fingerprint density at radius 2 is 2.00 bits per heavy atom. The molecule has 2 rings (SSSR count). The third-order valence-corrected chi connectivity index (χ3v) is 3.51. The van der Waals surface area contributed by atoms with Crippen LogP contribution in [0.1, 0.15) is 16.8 Å². The van der Waals surface area contributed by atoms with Crippen LogP contribution in [0.15, 0.2) is 24.3 Å². The number of hydrogen-bond acceptors (Lipinski definition) is 4. The highest BCUT2D eigenvalue weighted by molar-refractivity contribution is 7.92. The molecule has 0 bridgehead atoms. The molecule has 1 fully saturated rings. The van der Waals surface area contributed by atoms with Gasteiger partial charge < -0.3 is 5.32 Å². The Kier molecular flexibility index (Phi) is 3.68. The first-order valence-corrected chi connectivity index (χ1v) is 7.67. The summed E-state index contributed by atoms with van der Waals surface area (Å²) in [7, 11) is -3.27. The van der Waals surface area contributed by atoms with Crippen LogP contribution in [0.5, 0.6) is 0 Å². The molecule has 1 unspecified atom stereocenters.